The fourth-order valence-corrected chi connectivity index (χ4v) is 2.34. The van der Waals surface area contributed by atoms with E-state index in [1.165, 1.54) is 14.2 Å². The largest absolute Gasteiger partial charge is 0.492 e. The van der Waals surface area contributed by atoms with Crippen LogP contribution in [-0.4, -0.2) is 39.0 Å². The Hall–Kier alpha value is -1.71. The summed E-state index contributed by atoms with van der Waals surface area (Å²) in [6, 6.07) is 0. The molecular weight excluding hydrogens is 302 g/mol. The normalized spacial score (nSPS) is 11.6. The van der Waals surface area contributed by atoms with E-state index in [0.717, 1.165) is 11.3 Å². The van der Waals surface area contributed by atoms with Gasteiger partial charge < -0.3 is 21.1 Å². The summed E-state index contributed by atoms with van der Waals surface area (Å²) in [6.07, 6.45) is -3.79. The van der Waals surface area contributed by atoms with E-state index in [9.17, 15) is 22.4 Å². The second-order valence-corrected chi connectivity index (χ2v) is 4.72. The summed E-state index contributed by atoms with van der Waals surface area (Å²) >= 11 is 0.744. The molecule has 1 rings (SSSR count). The van der Waals surface area contributed by atoms with Crippen LogP contribution in [0.5, 0.6) is 5.75 Å². The van der Waals surface area contributed by atoms with Crippen LogP contribution in [0.25, 0.3) is 0 Å². The number of nitrogens with two attached hydrogens (primary N) is 1. The van der Waals surface area contributed by atoms with E-state index >= 15 is 0 Å². The molecule has 0 fully saturated rings. The van der Waals surface area contributed by atoms with Gasteiger partial charge in [-0.25, -0.2) is 8.78 Å². The Morgan fingerprint density at radius 3 is 2.55 bits per heavy atom. The molecule has 114 valence electrons. The Balaban J connectivity index is 2.98. The smallest absolute Gasteiger partial charge is 0.324 e. The van der Waals surface area contributed by atoms with Crippen molar-refractivity contribution in [2.75, 3.05) is 31.8 Å². The van der Waals surface area contributed by atoms with Gasteiger partial charge in [0.2, 0.25) is 0 Å². The average Bonchev–Trinajstić information content (AvgIpc) is 2.71. The lowest BCUT2D eigenvalue weighted by atomic mass is 10.3. The fourth-order valence-electron chi connectivity index (χ4n) is 1.31. The maximum Gasteiger partial charge on any atom is 0.324 e. The van der Waals surface area contributed by atoms with Crippen molar-refractivity contribution < 1.29 is 27.1 Å². The van der Waals surface area contributed by atoms with Crippen LogP contribution in [-0.2, 0) is 0 Å². The maximum atomic E-state index is 12.8. The van der Waals surface area contributed by atoms with E-state index in [2.05, 4.69) is 10.6 Å². The maximum absolute atomic E-state index is 12.8. The first-order valence-corrected chi connectivity index (χ1v) is 6.14. The predicted molar refractivity (Wildman–Crippen MR) is 68.1 cm³/mol. The van der Waals surface area contributed by atoms with Crippen molar-refractivity contribution in [2.24, 2.45) is 0 Å². The number of hydrogen-bond acceptors (Lipinski definition) is 5. The van der Waals surface area contributed by atoms with Gasteiger partial charge >= 0.3 is 12.3 Å². The number of amides is 1. The predicted octanol–water partition coefficient (Wildman–Crippen LogP) is 2.01. The molecule has 0 bridgehead atoms. The standard InChI is InChI=1S/C10H13F4N3O2S/c1-16-7(18)6-4(15)5(19-2)8(20-6)17-3-10(13,14)9(11)12/h9,17H,3,15H2,1-2H3,(H,16,18). The molecule has 0 spiro atoms. The Bertz CT molecular complexity index is 493. The first-order valence-electron chi connectivity index (χ1n) is 5.32. The number of ether oxygens (including phenoxy) is 1. The minimum absolute atomic E-state index is 0.0103. The first kappa shape index (κ1) is 16.3. The van der Waals surface area contributed by atoms with E-state index in [4.69, 9.17) is 10.5 Å². The number of carbonyl (C=O) groups is 1. The summed E-state index contributed by atoms with van der Waals surface area (Å²) in [4.78, 5) is 11.5. The lowest BCUT2D eigenvalue weighted by molar-refractivity contribution is -0.117. The summed E-state index contributed by atoms with van der Waals surface area (Å²) in [5.41, 5.74) is 5.60. The van der Waals surface area contributed by atoms with Gasteiger partial charge in [-0.05, 0) is 0 Å². The molecule has 0 unspecified atom stereocenters. The van der Waals surface area contributed by atoms with Crippen molar-refractivity contribution in [3.8, 4) is 5.75 Å². The third kappa shape index (κ3) is 3.24. The van der Waals surface area contributed by atoms with Crippen LogP contribution in [0.15, 0.2) is 0 Å². The lowest BCUT2D eigenvalue weighted by Gasteiger charge is -2.16. The molecule has 10 heteroatoms. The molecule has 1 aromatic rings. The number of nitrogens with one attached hydrogen (secondary N) is 2. The van der Waals surface area contributed by atoms with E-state index < -0.39 is 24.8 Å². The van der Waals surface area contributed by atoms with Gasteiger partial charge in [-0.2, -0.15) is 8.78 Å². The zero-order valence-electron chi connectivity index (χ0n) is 10.6. The average molecular weight is 315 g/mol. The van der Waals surface area contributed by atoms with Crippen LogP contribution in [0.1, 0.15) is 9.67 Å². The second kappa shape index (κ2) is 6.16. The highest BCUT2D eigenvalue weighted by Gasteiger charge is 2.40. The number of methoxy groups -OCH3 is 1. The van der Waals surface area contributed by atoms with E-state index in [1.807, 2.05) is 0 Å². The Morgan fingerprint density at radius 2 is 2.10 bits per heavy atom. The highest BCUT2D eigenvalue weighted by atomic mass is 32.1. The molecule has 0 aliphatic carbocycles. The molecule has 0 aliphatic rings. The number of carbonyl (C=O) groups excluding carboxylic acids is 1. The number of thiophene rings is 1. The van der Waals surface area contributed by atoms with Crippen molar-refractivity contribution >= 4 is 27.9 Å². The van der Waals surface area contributed by atoms with Crippen LogP contribution in [0.3, 0.4) is 0 Å². The molecule has 0 radical (unpaired) electrons. The molecule has 20 heavy (non-hydrogen) atoms. The zero-order chi connectivity index (χ0) is 15.5. The van der Waals surface area contributed by atoms with Crippen LogP contribution in [0, 0.1) is 0 Å². The molecular formula is C10H13F4N3O2S. The van der Waals surface area contributed by atoms with Crippen molar-refractivity contribution in [1.82, 2.24) is 5.32 Å². The molecule has 0 aliphatic heterocycles. The van der Waals surface area contributed by atoms with Gasteiger partial charge in [0.15, 0.2) is 5.75 Å². The number of rotatable bonds is 6. The third-order valence-electron chi connectivity index (χ3n) is 2.34. The summed E-state index contributed by atoms with van der Waals surface area (Å²) < 4.78 is 54.7. The third-order valence-corrected chi connectivity index (χ3v) is 3.48. The minimum atomic E-state index is -4.20. The molecule has 0 saturated carbocycles. The van der Waals surface area contributed by atoms with Gasteiger partial charge in [0.1, 0.15) is 15.6 Å². The van der Waals surface area contributed by atoms with Crippen LogP contribution in [0.2, 0.25) is 0 Å². The van der Waals surface area contributed by atoms with Crippen molar-refractivity contribution in [1.29, 1.82) is 0 Å². The minimum Gasteiger partial charge on any atom is -0.492 e. The SMILES string of the molecule is CNC(=O)c1sc(NCC(F)(F)C(F)F)c(OC)c1N. The van der Waals surface area contributed by atoms with Gasteiger partial charge in [0.25, 0.3) is 5.91 Å². The second-order valence-electron chi connectivity index (χ2n) is 3.70. The highest BCUT2D eigenvalue weighted by molar-refractivity contribution is 7.19. The molecule has 4 N–H and O–H groups in total. The van der Waals surface area contributed by atoms with Crippen LogP contribution in [0.4, 0.5) is 28.3 Å². The molecule has 0 aromatic carbocycles. The monoisotopic (exact) mass is 315 g/mol. The van der Waals surface area contributed by atoms with E-state index in [0.29, 0.717) is 0 Å². The molecule has 0 atom stereocenters. The van der Waals surface area contributed by atoms with Gasteiger partial charge in [0, 0.05) is 7.05 Å². The number of hydrogen-bond donors (Lipinski definition) is 3. The van der Waals surface area contributed by atoms with Gasteiger partial charge in [-0.1, -0.05) is 0 Å². The fraction of sp³-hybridized carbons (Fsp3) is 0.500. The van der Waals surface area contributed by atoms with Crippen molar-refractivity contribution in [2.45, 2.75) is 12.3 Å². The van der Waals surface area contributed by atoms with E-state index in [-0.39, 0.29) is 21.3 Å². The Kier molecular flexibility index (Phi) is 5.03. The summed E-state index contributed by atoms with van der Waals surface area (Å²) in [5, 5.41) is 4.44. The number of nitrogen functional groups attached to an aromatic ring is 1. The van der Waals surface area contributed by atoms with Gasteiger partial charge in [0.05, 0.1) is 13.7 Å². The quantitative estimate of drug-likeness (QED) is 0.702. The molecule has 1 aromatic heterocycles. The molecule has 1 heterocycles. The van der Waals surface area contributed by atoms with E-state index in [1.54, 1.807) is 0 Å². The van der Waals surface area contributed by atoms with Gasteiger partial charge in [-0.3, -0.25) is 4.79 Å². The van der Waals surface area contributed by atoms with Crippen LogP contribution < -0.4 is 21.1 Å². The summed E-state index contributed by atoms with van der Waals surface area (Å²) in [6.45, 7) is -1.30. The van der Waals surface area contributed by atoms with Crippen molar-refractivity contribution in [3.63, 3.8) is 0 Å². The van der Waals surface area contributed by atoms with Crippen molar-refractivity contribution in [3.05, 3.63) is 4.88 Å². The van der Waals surface area contributed by atoms with Gasteiger partial charge in [-0.15, -0.1) is 11.3 Å². The molecule has 5 nitrogen and oxygen atoms in total. The topological polar surface area (TPSA) is 76.4 Å². The molecule has 0 saturated heterocycles. The summed E-state index contributed by atoms with van der Waals surface area (Å²) in [5.74, 6) is -4.75. The first-order chi connectivity index (χ1) is 9.24. The van der Waals surface area contributed by atoms with Crippen LogP contribution >= 0.6 is 11.3 Å². The number of halogens is 4. The highest BCUT2D eigenvalue weighted by Crippen LogP contribution is 2.42. The lowest BCUT2D eigenvalue weighted by Crippen LogP contribution is -2.34. The Morgan fingerprint density at radius 1 is 1.50 bits per heavy atom. The number of anilines is 2. The summed E-state index contributed by atoms with van der Waals surface area (Å²) in [7, 11) is 2.59. The zero-order valence-corrected chi connectivity index (χ0v) is 11.4. The Labute approximate surface area is 116 Å². The molecule has 1 amide bonds. The number of alkyl halides is 4.